The molecule has 212 valence electrons. The molecule has 2 aromatic heterocycles. The lowest BCUT2D eigenvalue weighted by atomic mass is 9.92. The number of hydrogen-bond acceptors (Lipinski definition) is 5. The zero-order valence-corrected chi connectivity index (χ0v) is 25.0. The maximum Gasteiger partial charge on any atom is 0.164 e. The molecule has 4 nitrogen and oxygen atoms in total. The highest BCUT2D eigenvalue weighted by Gasteiger charge is 2.18. The van der Waals surface area contributed by atoms with Crippen molar-refractivity contribution >= 4 is 21.6 Å². The standard InChI is InChI=1S/C40H26N4S/c1-5-14-27(15-6-1)34-26-31(39-43-37(28-16-7-2-8-17-28)42-38(44-39)29-18-9-3-10-19-29)24-25-32(34)33-22-13-23-35-36(33)41-40(45-35)30-20-11-4-12-21-30/h1-26H. The quantitative estimate of drug-likeness (QED) is 0.192. The van der Waals surface area contributed by atoms with E-state index >= 15 is 0 Å². The fraction of sp³-hybridized carbons (Fsp3) is 0. The minimum atomic E-state index is 0.629. The maximum absolute atomic E-state index is 5.15. The van der Waals surface area contributed by atoms with Gasteiger partial charge in [0.25, 0.3) is 0 Å². The van der Waals surface area contributed by atoms with Crippen molar-refractivity contribution in [2.75, 3.05) is 0 Å². The first-order valence-electron chi connectivity index (χ1n) is 14.8. The van der Waals surface area contributed by atoms with Crippen LogP contribution in [0.5, 0.6) is 0 Å². The van der Waals surface area contributed by atoms with E-state index in [1.165, 1.54) is 0 Å². The molecule has 0 saturated carbocycles. The van der Waals surface area contributed by atoms with Crippen molar-refractivity contribution in [3.63, 3.8) is 0 Å². The van der Waals surface area contributed by atoms with E-state index in [1.807, 2.05) is 72.8 Å². The molecule has 0 aliphatic rings. The summed E-state index contributed by atoms with van der Waals surface area (Å²) in [5.74, 6) is 1.92. The van der Waals surface area contributed by atoms with E-state index in [0.29, 0.717) is 17.5 Å². The van der Waals surface area contributed by atoms with E-state index in [-0.39, 0.29) is 0 Å². The summed E-state index contributed by atoms with van der Waals surface area (Å²) >= 11 is 1.72. The third kappa shape index (κ3) is 5.30. The Hall–Kier alpha value is -5.78. The summed E-state index contributed by atoms with van der Waals surface area (Å²) in [7, 11) is 0. The third-order valence-corrected chi connectivity index (χ3v) is 8.86. The molecule has 0 amide bonds. The van der Waals surface area contributed by atoms with Crippen molar-refractivity contribution in [2.24, 2.45) is 0 Å². The summed E-state index contributed by atoms with van der Waals surface area (Å²) < 4.78 is 1.16. The van der Waals surface area contributed by atoms with Crippen molar-refractivity contribution in [1.29, 1.82) is 0 Å². The van der Waals surface area contributed by atoms with Crippen LogP contribution in [0.3, 0.4) is 0 Å². The molecule has 0 radical (unpaired) electrons. The first-order chi connectivity index (χ1) is 22.3. The zero-order chi connectivity index (χ0) is 30.0. The molecule has 0 saturated heterocycles. The Labute approximate surface area is 265 Å². The van der Waals surface area contributed by atoms with Gasteiger partial charge in [0.15, 0.2) is 17.5 Å². The Balaban J connectivity index is 1.32. The van der Waals surface area contributed by atoms with Crippen LogP contribution < -0.4 is 0 Å². The molecule has 45 heavy (non-hydrogen) atoms. The average Bonchev–Trinajstić information content (AvgIpc) is 3.58. The molecule has 6 aromatic carbocycles. The third-order valence-electron chi connectivity index (χ3n) is 7.79. The van der Waals surface area contributed by atoms with E-state index in [2.05, 4.69) is 84.9 Å². The highest BCUT2D eigenvalue weighted by atomic mass is 32.1. The van der Waals surface area contributed by atoms with Gasteiger partial charge in [-0.1, -0.05) is 146 Å². The first-order valence-corrected chi connectivity index (χ1v) is 15.6. The molecule has 0 unspecified atom stereocenters. The fourth-order valence-corrected chi connectivity index (χ4v) is 6.58. The summed E-state index contributed by atoms with van der Waals surface area (Å²) in [6.45, 7) is 0. The van der Waals surface area contributed by atoms with Gasteiger partial charge in [0.2, 0.25) is 0 Å². The molecule has 0 bridgehead atoms. The van der Waals surface area contributed by atoms with Crippen molar-refractivity contribution in [3.8, 4) is 67.0 Å². The van der Waals surface area contributed by atoms with Crippen LogP contribution >= 0.6 is 11.3 Å². The van der Waals surface area contributed by atoms with Crippen LogP contribution in [0.25, 0.3) is 77.2 Å². The Morgan fingerprint density at radius 1 is 0.333 bits per heavy atom. The Morgan fingerprint density at radius 2 is 0.844 bits per heavy atom. The molecule has 0 fully saturated rings. The molecule has 0 aliphatic carbocycles. The van der Waals surface area contributed by atoms with Crippen LogP contribution in [0.4, 0.5) is 0 Å². The molecular weight excluding hydrogens is 569 g/mol. The van der Waals surface area contributed by atoms with Gasteiger partial charge < -0.3 is 0 Å². The molecule has 0 N–H and O–H groups in total. The number of rotatable bonds is 6. The number of nitrogens with zero attached hydrogens (tertiary/aromatic N) is 4. The van der Waals surface area contributed by atoms with Gasteiger partial charge in [-0.05, 0) is 28.8 Å². The van der Waals surface area contributed by atoms with Gasteiger partial charge in [0.1, 0.15) is 5.01 Å². The van der Waals surface area contributed by atoms with E-state index in [1.54, 1.807) is 11.3 Å². The summed E-state index contributed by atoms with van der Waals surface area (Å²) in [6.07, 6.45) is 0. The van der Waals surface area contributed by atoms with Crippen molar-refractivity contribution in [2.45, 2.75) is 0 Å². The van der Waals surface area contributed by atoms with E-state index in [0.717, 1.165) is 59.7 Å². The average molecular weight is 595 g/mol. The normalized spacial score (nSPS) is 11.1. The highest BCUT2D eigenvalue weighted by molar-refractivity contribution is 7.21. The molecule has 0 atom stereocenters. The van der Waals surface area contributed by atoms with E-state index in [4.69, 9.17) is 19.9 Å². The number of fused-ring (bicyclic) bond motifs is 1. The van der Waals surface area contributed by atoms with Crippen LogP contribution in [0.2, 0.25) is 0 Å². The van der Waals surface area contributed by atoms with Gasteiger partial charge in [0, 0.05) is 27.8 Å². The van der Waals surface area contributed by atoms with Crippen LogP contribution in [-0.4, -0.2) is 19.9 Å². The fourth-order valence-electron chi connectivity index (χ4n) is 5.58. The summed E-state index contributed by atoms with van der Waals surface area (Å²) in [6, 6.07) is 54.0. The van der Waals surface area contributed by atoms with Crippen LogP contribution in [0.1, 0.15) is 0 Å². The number of para-hydroxylation sites is 1. The van der Waals surface area contributed by atoms with Crippen molar-refractivity contribution < 1.29 is 0 Å². The number of benzene rings is 6. The van der Waals surface area contributed by atoms with E-state index in [9.17, 15) is 0 Å². The molecule has 8 rings (SSSR count). The monoisotopic (exact) mass is 594 g/mol. The second kappa shape index (κ2) is 11.7. The second-order valence-electron chi connectivity index (χ2n) is 10.7. The molecule has 2 heterocycles. The van der Waals surface area contributed by atoms with Crippen LogP contribution in [0.15, 0.2) is 158 Å². The lowest BCUT2D eigenvalue weighted by Gasteiger charge is -2.14. The minimum absolute atomic E-state index is 0.629. The van der Waals surface area contributed by atoms with Gasteiger partial charge in [-0.2, -0.15) is 0 Å². The highest BCUT2D eigenvalue weighted by Crippen LogP contribution is 2.41. The number of thiazole rings is 1. The summed E-state index contributed by atoms with van der Waals surface area (Å²) in [5.41, 5.74) is 9.37. The molecular formula is C40H26N4S. The second-order valence-corrected chi connectivity index (χ2v) is 11.7. The molecule has 8 aromatic rings. The van der Waals surface area contributed by atoms with Gasteiger partial charge in [0.05, 0.1) is 10.2 Å². The Bertz CT molecular complexity index is 2190. The molecule has 5 heteroatoms. The number of hydrogen-bond donors (Lipinski definition) is 0. The Kier molecular flexibility index (Phi) is 6.98. The minimum Gasteiger partial charge on any atom is -0.235 e. The van der Waals surface area contributed by atoms with Gasteiger partial charge >= 0.3 is 0 Å². The van der Waals surface area contributed by atoms with Gasteiger partial charge in [-0.15, -0.1) is 11.3 Å². The van der Waals surface area contributed by atoms with Crippen molar-refractivity contribution in [3.05, 3.63) is 158 Å². The van der Waals surface area contributed by atoms with Crippen LogP contribution in [0, 0.1) is 0 Å². The predicted molar refractivity (Wildman–Crippen MR) is 186 cm³/mol. The van der Waals surface area contributed by atoms with Crippen molar-refractivity contribution in [1.82, 2.24) is 19.9 Å². The number of aromatic nitrogens is 4. The first kappa shape index (κ1) is 26.8. The lowest BCUT2D eigenvalue weighted by molar-refractivity contribution is 1.07. The smallest absolute Gasteiger partial charge is 0.164 e. The van der Waals surface area contributed by atoms with E-state index < -0.39 is 0 Å². The Morgan fingerprint density at radius 3 is 1.42 bits per heavy atom. The topological polar surface area (TPSA) is 51.6 Å². The zero-order valence-electron chi connectivity index (χ0n) is 24.2. The summed E-state index contributed by atoms with van der Waals surface area (Å²) in [4.78, 5) is 20.0. The SMILES string of the molecule is c1ccc(-c2nc(-c3ccccc3)nc(-c3ccc(-c4cccc5sc(-c6ccccc6)nc45)c(-c4ccccc4)c3)n2)cc1. The van der Waals surface area contributed by atoms with Crippen LogP contribution in [-0.2, 0) is 0 Å². The van der Waals surface area contributed by atoms with Gasteiger partial charge in [-0.25, -0.2) is 19.9 Å². The molecule has 0 aliphatic heterocycles. The molecule has 0 spiro atoms. The summed E-state index contributed by atoms with van der Waals surface area (Å²) in [5, 5.41) is 1.02. The maximum atomic E-state index is 5.15. The predicted octanol–water partition coefficient (Wildman–Crippen LogP) is 10.5. The van der Waals surface area contributed by atoms with Gasteiger partial charge in [-0.3, -0.25) is 0 Å². The largest absolute Gasteiger partial charge is 0.235 e. The lowest BCUT2D eigenvalue weighted by Crippen LogP contribution is -2.00.